The number of nitrogens with one attached hydrogen (secondary N) is 3. The van der Waals surface area contributed by atoms with Crippen LogP contribution in [0.1, 0.15) is 28.9 Å². The van der Waals surface area contributed by atoms with Gasteiger partial charge in [-0.3, -0.25) is 14.6 Å². The number of para-hydroxylation sites is 3. The fraction of sp³-hybridized carbons (Fsp3) is 0.206. The minimum absolute atomic E-state index is 0.133. The molecule has 3 aromatic heterocycles. The van der Waals surface area contributed by atoms with E-state index in [1.807, 2.05) is 90.5 Å². The number of hydrogen-bond acceptors (Lipinski definition) is 5. The van der Waals surface area contributed by atoms with Crippen LogP contribution < -0.4 is 16.4 Å². The molecule has 0 aliphatic heterocycles. The van der Waals surface area contributed by atoms with Crippen LogP contribution in [-0.4, -0.2) is 55.6 Å². The Morgan fingerprint density at radius 2 is 1.76 bits per heavy atom. The standard InChI is InChI=1S/C34H33ClN8O2/c1-43-28-16-8-7-14-25(28)41-32(43)31-30-23(22-12-5-6-13-24(22)39-30)18-27(40-31)34(45)42-26(15-9-17-37-29(36)19-35)33(44)38-20-21-10-3-2-4-11-21/h2-8,10-14,16,18,26,39H,9,15,17,19-20H2,1H3,(H2,36,37)(H,38,44)(H,42,45)/t26-/m0/s1. The van der Waals surface area contributed by atoms with Crippen molar-refractivity contribution in [2.75, 3.05) is 12.4 Å². The molecular weight excluding hydrogens is 588 g/mol. The molecule has 1 atom stereocenters. The van der Waals surface area contributed by atoms with Crippen LogP contribution in [0.5, 0.6) is 0 Å². The number of nitrogens with zero attached hydrogens (tertiary/aromatic N) is 4. The predicted octanol–water partition coefficient (Wildman–Crippen LogP) is 5.06. The van der Waals surface area contributed by atoms with Gasteiger partial charge in [-0.1, -0.05) is 60.7 Å². The second-order valence-corrected chi connectivity index (χ2v) is 11.1. The zero-order valence-electron chi connectivity index (χ0n) is 24.8. The van der Waals surface area contributed by atoms with E-state index in [9.17, 15) is 9.59 Å². The maximum atomic E-state index is 13.9. The first kappa shape index (κ1) is 29.8. The Kier molecular flexibility index (Phi) is 8.74. The maximum Gasteiger partial charge on any atom is 0.270 e. The summed E-state index contributed by atoms with van der Waals surface area (Å²) in [6.07, 6.45) is 0.861. The molecule has 3 aromatic carbocycles. The number of carbonyl (C=O) groups is 2. The lowest BCUT2D eigenvalue weighted by Gasteiger charge is -2.18. The molecular formula is C34H33ClN8O2. The van der Waals surface area contributed by atoms with E-state index >= 15 is 0 Å². The number of fused-ring (bicyclic) bond motifs is 4. The highest BCUT2D eigenvalue weighted by Crippen LogP contribution is 2.33. The number of benzene rings is 3. The van der Waals surface area contributed by atoms with Gasteiger partial charge in [-0.25, -0.2) is 9.97 Å². The summed E-state index contributed by atoms with van der Waals surface area (Å²) in [6, 6.07) is 26.3. The first-order valence-corrected chi connectivity index (χ1v) is 15.3. The Labute approximate surface area is 264 Å². The molecule has 2 amide bonds. The molecule has 0 aliphatic rings. The summed E-state index contributed by atoms with van der Waals surface area (Å²) in [5.41, 5.74) is 10.9. The summed E-state index contributed by atoms with van der Waals surface area (Å²) in [4.78, 5) is 44.7. The summed E-state index contributed by atoms with van der Waals surface area (Å²) in [5, 5.41) is 7.68. The van der Waals surface area contributed by atoms with Crippen LogP contribution in [0.4, 0.5) is 0 Å². The number of alkyl halides is 1. The van der Waals surface area contributed by atoms with Crippen molar-refractivity contribution in [3.8, 4) is 11.5 Å². The van der Waals surface area contributed by atoms with E-state index in [4.69, 9.17) is 27.3 Å². The maximum absolute atomic E-state index is 13.9. The van der Waals surface area contributed by atoms with E-state index in [2.05, 4.69) is 20.6 Å². The number of aryl methyl sites for hydroxylation is 1. The molecule has 0 aliphatic carbocycles. The molecule has 0 spiro atoms. The topological polar surface area (TPSA) is 143 Å². The van der Waals surface area contributed by atoms with E-state index in [0.29, 0.717) is 43.3 Å². The number of imidazole rings is 1. The summed E-state index contributed by atoms with van der Waals surface area (Å²) in [7, 11) is 1.93. The first-order valence-electron chi connectivity index (χ1n) is 14.7. The molecule has 6 rings (SSSR count). The van der Waals surface area contributed by atoms with Gasteiger partial charge >= 0.3 is 0 Å². The zero-order valence-corrected chi connectivity index (χ0v) is 25.5. The average Bonchev–Trinajstić information content (AvgIpc) is 3.62. The van der Waals surface area contributed by atoms with E-state index in [1.54, 1.807) is 6.07 Å². The quantitative estimate of drug-likeness (QED) is 0.0693. The minimum Gasteiger partial charge on any atom is -0.386 e. The third kappa shape index (κ3) is 6.37. The van der Waals surface area contributed by atoms with Gasteiger partial charge in [0.1, 0.15) is 23.3 Å². The fourth-order valence-electron chi connectivity index (χ4n) is 5.45. The van der Waals surface area contributed by atoms with Crippen molar-refractivity contribution in [2.45, 2.75) is 25.4 Å². The van der Waals surface area contributed by atoms with E-state index in [0.717, 1.165) is 38.4 Å². The third-order valence-electron chi connectivity index (χ3n) is 7.76. The molecule has 0 bridgehead atoms. The smallest absolute Gasteiger partial charge is 0.270 e. The number of rotatable bonds is 11. The van der Waals surface area contributed by atoms with Crippen molar-refractivity contribution in [3.63, 3.8) is 0 Å². The number of amides is 2. The molecule has 5 N–H and O–H groups in total. The Hall–Kier alpha value is -5.22. The molecule has 11 heteroatoms. The van der Waals surface area contributed by atoms with Gasteiger partial charge in [0.2, 0.25) is 5.91 Å². The number of carbonyl (C=O) groups excluding carboxylic acids is 2. The normalized spacial score (nSPS) is 12.5. The highest BCUT2D eigenvalue weighted by Gasteiger charge is 2.25. The number of hydrogen-bond donors (Lipinski definition) is 4. The van der Waals surface area contributed by atoms with Crippen LogP contribution in [0.3, 0.4) is 0 Å². The van der Waals surface area contributed by atoms with E-state index in [1.165, 1.54) is 0 Å². The Morgan fingerprint density at radius 3 is 2.56 bits per heavy atom. The average molecular weight is 621 g/mol. The van der Waals surface area contributed by atoms with Crippen molar-refractivity contribution in [2.24, 2.45) is 17.8 Å². The number of aliphatic imine (C=N–C) groups is 1. The number of aromatic amines is 1. The zero-order chi connectivity index (χ0) is 31.3. The number of aromatic nitrogens is 4. The first-order chi connectivity index (χ1) is 21.9. The lowest BCUT2D eigenvalue weighted by molar-refractivity contribution is -0.123. The Balaban J connectivity index is 1.35. The van der Waals surface area contributed by atoms with Crippen LogP contribution in [-0.2, 0) is 18.4 Å². The molecule has 0 unspecified atom stereocenters. The van der Waals surface area contributed by atoms with Crippen LogP contribution in [0.2, 0.25) is 0 Å². The number of amidine groups is 1. The van der Waals surface area contributed by atoms with Gasteiger partial charge in [0.25, 0.3) is 5.91 Å². The molecule has 0 fully saturated rings. The predicted molar refractivity (Wildman–Crippen MR) is 179 cm³/mol. The molecule has 3 heterocycles. The van der Waals surface area contributed by atoms with Gasteiger partial charge in [0, 0.05) is 36.4 Å². The lowest BCUT2D eigenvalue weighted by Crippen LogP contribution is -2.46. The highest BCUT2D eigenvalue weighted by atomic mass is 35.5. The largest absolute Gasteiger partial charge is 0.386 e. The summed E-state index contributed by atoms with van der Waals surface area (Å²) in [5.74, 6) is 0.315. The fourth-order valence-corrected chi connectivity index (χ4v) is 5.54. The molecule has 0 saturated heterocycles. The lowest BCUT2D eigenvalue weighted by atomic mass is 10.1. The molecule has 10 nitrogen and oxygen atoms in total. The van der Waals surface area contributed by atoms with Crippen molar-refractivity contribution in [3.05, 3.63) is 96.2 Å². The van der Waals surface area contributed by atoms with Gasteiger partial charge in [0.05, 0.1) is 22.4 Å². The van der Waals surface area contributed by atoms with E-state index < -0.39 is 11.9 Å². The van der Waals surface area contributed by atoms with Crippen LogP contribution in [0.15, 0.2) is 89.9 Å². The molecule has 45 heavy (non-hydrogen) atoms. The van der Waals surface area contributed by atoms with Gasteiger partial charge < -0.3 is 25.9 Å². The summed E-state index contributed by atoms with van der Waals surface area (Å²) < 4.78 is 1.97. The highest BCUT2D eigenvalue weighted by molar-refractivity contribution is 6.28. The number of halogens is 1. The Morgan fingerprint density at radius 1 is 1.00 bits per heavy atom. The van der Waals surface area contributed by atoms with E-state index in [-0.39, 0.29) is 17.5 Å². The molecule has 228 valence electrons. The van der Waals surface area contributed by atoms with Gasteiger partial charge in [0.15, 0.2) is 5.82 Å². The monoisotopic (exact) mass is 620 g/mol. The van der Waals surface area contributed by atoms with Crippen LogP contribution in [0, 0.1) is 0 Å². The number of pyridine rings is 1. The minimum atomic E-state index is -0.826. The molecule has 0 radical (unpaired) electrons. The van der Waals surface area contributed by atoms with Crippen molar-refractivity contribution in [1.82, 2.24) is 30.2 Å². The van der Waals surface area contributed by atoms with Crippen molar-refractivity contribution < 1.29 is 9.59 Å². The molecule has 6 aromatic rings. The Bertz CT molecular complexity index is 2030. The van der Waals surface area contributed by atoms with Gasteiger partial charge in [-0.15, -0.1) is 11.6 Å². The number of H-pyrrole nitrogens is 1. The van der Waals surface area contributed by atoms with Gasteiger partial charge in [-0.05, 0) is 42.7 Å². The van der Waals surface area contributed by atoms with Crippen molar-refractivity contribution in [1.29, 1.82) is 0 Å². The third-order valence-corrected chi connectivity index (χ3v) is 8.04. The second kappa shape index (κ2) is 13.2. The van der Waals surface area contributed by atoms with Crippen LogP contribution >= 0.6 is 11.6 Å². The van der Waals surface area contributed by atoms with Gasteiger partial charge in [-0.2, -0.15) is 0 Å². The summed E-state index contributed by atoms with van der Waals surface area (Å²) >= 11 is 5.75. The number of nitrogens with two attached hydrogens (primary N) is 1. The molecule has 0 saturated carbocycles. The van der Waals surface area contributed by atoms with Crippen LogP contribution in [0.25, 0.3) is 44.4 Å². The summed E-state index contributed by atoms with van der Waals surface area (Å²) in [6.45, 7) is 0.715. The van der Waals surface area contributed by atoms with Crippen molar-refractivity contribution >= 4 is 62.1 Å². The second-order valence-electron chi connectivity index (χ2n) is 10.8. The SMILES string of the molecule is Cn1c(-c2nc(C(=O)N[C@@H](CCCN=C(N)CCl)C(=O)NCc3ccccc3)cc3c2[nH]c2ccccc23)nc2ccccc21.